The molecule has 1 fully saturated rings. The number of carbonyl (C=O) groups is 2. The molecular formula is C19H24N4O3S. The van der Waals surface area contributed by atoms with Crippen LogP contribution >= 0.6 is 11.3 Å². The Hall–Kier alpha value is -2.32. The number of carbonyl (C=O) groups excluding carboxylic acids is 2. The van der Waals surface area contributed by atoms with Gasteiger partial charge in [-0.2, -0.15) is 0 Å². The van der Waals surface area contributed by atoms with Crippen molar-refractivity contribution in [2.75, 3.05) is 30.0 Å². The molecule has 0 unspecified atom stereocenters. The van der Waals surface area contributed by atoms with Gasteiger partial charge in [-0.15, -0.1) is 10.2 Å². The van der Waals surface area contributed by atoms with Gasteiger partial charge in [0.2, 0.25) is 16.9 Å². The minimum Gasteiger partial charge on any atom is -0.381 e. The van der Waals surface area contributed by atoms with E-state index in [2.05, 4.69) is 28.5 Å². The van der Waals surface area contributed by atoms with Crippen molar-refractivity contribution >= 4 is 34.0 Å². The second-order valence-electron chi connectivity index (χ2n) is 6.33. The van der Waals surface area contributed by atoms with E-state index in [9.17, 15) is 9.59 Å². The summed E-state index contributed by atoms with van der Waals surface area (Å²) in [7, 11) is 0. The van der Waals surface area contributed by atoms with Gasteiger partial charge in [0.1, 0.15) is 5.01 Å². The highest BCUT2D eigenvalue weighted by Gasteiger charge is 2.34. The monoisotopic (exact) mass is 388 g/mol. The van der Waals surface area contributed by atoms with Gasteiger partial charge < -0.3 is 15.0 Å². The van der Waals surface area contributed by atoms with E-state index < -0.39 is 0 Å². The lowest BCUT2D eigenvalue weighted by Gasteiger charge is -2.19. The van der Waals surface area contributed by atoms with Gasteiger partial charge in [0.15, 0.2) is 0 Å². The summed E-state index contributed by atoms with van der Waals surface area (Å²) in [5.41, 5.74) is 2.13. The van der Waals surface area contributed by atoms with Gasteiger partial charge in [-0.05, 0) is 25.0 Å². The van der Waals surface area contributed by atoms with Crippen LogP contribution < -0.4 is 10.2 Å². The second kappa shape index (κ2) is 9.05. The summed E-state index contributed by atoms with van der Waals surface area (Å²) in [5, 5.41) is 12.2. The Labute approximate surface area is 162 Å². The number of para-hydroxylation sites is 1. The molecule has 1 aliphatic rings. The van der Waals surface area contributed by atoms with Crippen LogP contribution in [0.1, 0.15) is 43.2 Å². The molecule has 2 amide bonds. The van der Waals surface area contributed by atoms with Crippen LogP contribution in [0.4, 0.5) is 10.8 Å². The zero-order valence-corrected chi connectivity index (χ0v) is 16.4. The smallest absolute Gasteiger partial charge is 0.228 e. The average molecular weight is 388 g/mol. The number of benzene rings is 1. The average Bonchev–Trinajstić information content (AvgIpc) is 3.28. The highest BCUT2D eigenvalue weighted by Crippen LogP contribution is 2.35. The number of hydrogen-bond donors (Lipinski definition) is 1. The number of aryl methyl sites for hydroxylation is 1. The van der Waals surface area contributed by atoms with Crippen LogP contribution in [0, 0.1) is 0 Å². The number of rotatable bonds is 8. The summed E-state index contributed by atoms with van der Waals surface area (Å²) in [6.45, 7) is 5.53. The van der Waals surface area contributed by atoms with Crippen LogP contribution in [0.5, 0.6) is 0 Å². The number of nitrogens with one attached hydrogen (secondary N) is 1. The number of aromatic nitrogens is 2. The van der Waals surface area contributed by atoms with Crippen molar-refractivity contribution in [3.8, 4) is 0 Å². The van der Waals surface area contributed by atoms with Crippen LogP contribution in [0.2, 0.25) is 0 Å². The molecule has 1 atom stereocenters. The van der Waals surface area contributed by atoms with Crippen molar-refractivity contribution in [3.63, 3.8) is 0 Å². The quantitative estimate of drug-likeness (QED) is 0.703. The van der Waals surface area contributed by atoms with Gasteiger partial charge in [0.05, 0.1) is 13.0 Å². The second-order valence-corrected chi connectivity index (χ2v) is 7.34. The summed E-state index contributed by atoms with van der Waals surface area (Å²) in [4.78, 5) is 26.3. The fourth-order valence-corrected chi connectivity index (χ4v) is 3.97. The molecule has 1 N–H and O–H groups in total. The maximum Gasteiger partial charge on any atom is 0.228 e. The van der Waals surface area contributed by atoms with E-state index in [1.165, 1.54) is 11.3 Å². The first-order valence-electron chi connectivity index (χ1n) is 9.21. The normalized spacial score (nSPS) is 16.7. The Kier molecular flexibility index (Phi) is 6.52. The molecule has 1 aromatic heterocycles. The topological polar surface area (TPSA) is 84.4 Å². The van der Waals surface area contributed by atoms with Gasteiger partial charge in [-0.1, -0.05) is 36.5 Å². The molecular weight excluding hydrogens is 364 g/mol. The molecule has 144 valence electrons. The van der Waals surface area contributed by atoms with E-state index in [0.29, 0.717) is 31.3 Å². The van der Waals surface area contributed by atoms with Crippen LogP contribution in [0.3, 0.4) is 0 Å². The third kappa shape index (κ3) is 4.70. The summed E-state index contributed by atoms with van der Waals surface area (Å²) < 4.78 is 5.18. The van der Waals surface area contributed by atoms with Gasteiger partial charge in [-0.25, -0.2) is 0 Å². The molecule has 0 aliphatic carbocycles. The highest BCUT2D eigenvalue weighted by molar-refractivity contribution is 7.15. The molecule has 1 aliphatic heterocycles. The van der Waals surface area contributed by atoms with E-state index in [4.69, 9.17) is 4.74 Å². The highest BCUT2D eigenvalue weighted by atomic mass is 32.1. The summed E-state index contributed by atoms with van der Waals surface area (Å²) >= 11 is 1.33. The number of nitrogens with zero attached hydrogens (tertiary/aromatic N) is 3. The number of anilines is 2. The molecule has 3 rings (SSSR count). The molecule has 0 bridgehead atoms. The van der Waals surface area contributed by atoms with Crippen molar-refractivity contribution in [3.05, 3.63) is 34.8 Å². The maximum absolute atomic E-state index is 12.6. The summed E-state index contributed by atoms with van der Waals surface area (Å²) in [5.74, 6) is -0.0560. The molecule has 0 radical (unpaired) electrons. The third-order valence-corrected chi connectivity index (χ3v) is 5.50. The predicted octanol–water partition coefficient (Wildman–Crippen LogP) is 2.99. The predicted molar refractivity (Wildman–Crippen MR) is 105 cm³/mol. The Morgan fingerprint density at radius 1 is 1.33 bits per heavy atom. The van der Waals surface area contributed by atoms with E-state index in [0.717, 1.165) is 22.7 Å². The first-order chi connectivity index (χ1) is 13.1. The fourth-order valence-electron chi connectivity index (χ4n) is 3.12. The van der Waals surface area contributed by atoms with Crippen LogP contribution in [0.25, 0.3) is 0 Å². The van der Waals surface area contributed by atoms with Crippen LogP contribution in [0.15, 0.2) is 24.3 Å². The zero-order chi connectivity index (χ0) is 19.2. The lowest BCUT2D eigenvalue weighted by atomic mass is 10.1. The van der Waals surface area contributed by atoms with E-state index in [1.54, 1.807) is 0 Å². The van der Waals surface area contributed by atoms with E-state index in [1.807, 2.05) is 30.0 Å². The number of amides is 2. The number of ether oxygens (including phenoxy) is 1. The molecule has 0 spiro atoms. The Morgan fingerprint density at radius 3 is 2.93 bits per heavy atom. The van der Waals surface area contributed by atoms with Gasteiger partial charge in [0.25, 0.3) is 0 Å². The van der Waals surface area contributed by atoms with Gasteiger partial charge >= 0.3 is 0 Å². The SMILES string of the molecule is CCOCCC(=O)Nc1nnc([C@H]2CC(=O)N(c3ccccc3CC)C2)s1. The molecule has 0 saturated carbocycles. The molecule has 7 nitrogen and oxygen atoms in total. The molecule has 2 aromatic rings. The summed E-state index contributed by atoms with van der Waals surface area (Å²) in [6.07, 6.45) is 1.57. The lowest BCUT2D eigenvalue weighted by Crippen LogP contribution is -2.25. The maximum atomic E-state index is 12.6. The fraction of sp³-hybridized carbons (Fsp3) is 0.474. The minimum atomic E-state index is -0.146. The molecule has 2 heterocycles. The standard InChI is InChI=1S/C19H24N4O3S/c1-3-13-7-5-6-8-15(13)23-12-14(11-17(23)25)18-21-22-19(27-18)20-16(24)9-10-26-4-2/h5-8,14H,3-4,9-12H2,1-2H3,(H,20,22,24)/t14-/m0/s1. The Balaban J connectivity index is 1.64. The molecule has 1 saturated heterocycles. The van der Waals surface area contributed by atoms with Crippen LogP contribution in [-0.4, -0.2) is 41.8 Å². The Bertz CT molecular complexity index is 808. The third-order valence-electron chi connectivity index (χ3n) is 4.50. The first-order valence-corrected chi connectivity index (χ1v) is 10.0. The van der Waals surface area contributed by atoms with Crippen molar-refractivity contribution in [2.45, 2.75) is 39.0 Å². The van der Waals surface area contributed by atoms with Crippen molar-refractivity contribution < 1.29 is 14.3 Å². The lowest BCUT2D eigenvalue weighted by molar-refractivity contribution is -0.118. The van der Waals surface area contributed by atoms with E-state index in [-0.39, 0.29) is 24.2 Å². The largest absolute Gasteiger partial charge is 0.381 e. The minimum absolute atomic E-state index is 0.00557. The van der Waals surface area contributed by atoms with Gasteiger partial charge in [0, 0.05) is 31.2 Å². The van der Waals surface area contributed by atoms with Crippen molar-refractivity contribution in [1.29, 1.82) is 0 Å². The molecule has 1 aromatic carbocycles. The van der Waals surface area contributed by atoms with Gasteiger partial charge in [-0.3, -0.25) is 9.59 Å². The van der Waals surface area contributed by atoms with Crippen LogP contribution in [-0.2, 0) is 20.7 Å². The molecule has 8 heteroatoms. The summed E-state index contributed by atoms with van der Waals surface area (Å²) in [6, 6.07) is 7.99. The number of hydrogen-bond acceptors (Lipinski definition) is 6. The molecule has 27 heavy (non-hydrogen) atoms. The van der Waals surface area contributed by atoms with E-state index >= 15 is 0 Å². The van der Waals surface area contributed by atoms with Crippen molar-refractivity contribution in [1.82, 2.24) is 10.2 Å². The Morgan fingerprint density at radius 2 is 2.15 bits per heavy atom. The van der Waals surface area contributed by atoms with Crippen molar-refractivity contribution in [2.24, 2.45) is 0 Å². The first kappa shape index (κ1) is 19.4. The zero-order valence-electron chi connectivity index (χ0n) is 15.6.